The van der Waals surface area contributed by atoms with Gasteiger partial charge in [-0.05, 0) is 219 Å². The number of nitrogens with one attached hydrogen (secondary N) is 4. The van der Waals surface area contributed by atoms with E-state index in [4.69, 9.17) is 19.9 Å². The average Bonchev–Trinajstić information content (AvgIpc) is 1.58. The van der Waals surface area contributed by atoms with Crippen LogP contribution in [0.1, 0.15) is 256 Å². The van der Waals surface area contributed by atoms with E-state index in [0.29, 0.717) is 0 Å². The number of aromatic amines is 4. The van der Waals surface area contributed by atoms with Gasteiger partial charge in [0.2, 0.25) is 0 Å². The van der Waals surface area contributed by atoms with Crippen LogP contribution in [0.15, 0.2) is 146 Å². The highest BCUT2D eigenvalue weighted by molar-refractivity contribution is 6.19. The molecule has 4 aromatic carbocycles. The van der Waals surface area contributed by atoms with E-state index in [2.05, 4.69) is 368 Å². The fraction of sp³-hybridized carbons (Fsp3) is 0.333. The molecule has 4 aliphatic rings. The van der Waals surface area contributed by atoms with E-state index in [9.17, 15) is 0 Å². The summed E-state index contributed by atoms with van der Waals surface area (Å²) in [5.41, 5.74) is 33.7. The standard InChI is InChI=1S/C96H106N8/c1-89(2,3)59-37-55(38-60(45-59)90(4,5)6)85-75-31-25-67(97-75)49-69-27-33-79(99-69)87(57-41-63(93(13,14)15)47-64(42-57)94(16,17)18)83-53-73(81(103-83)51-71-29-35-77(85)101-71)74-54-84-88(58-43-65(95(19,20)21)48-66(44-58)96(22,23)24)80-34-28-70(100-80)50-68-26-32-76(98-68)86(78-36-30-72(102-78)52-82(74)104-84)56-39-61(91(7,8)9)46-62(40-56)92(10,11)12/h25-54,99-102H,1-24H3. The van der Waals surface area contributed by atoms with Gasteiger partial charge in [-0.15, -0.1) is 0 Å². The first-order valence-electron chi connectivity index (χ1n) is 37.4. The molecule has 10 heterocycles. The van der Waals surface area contributed by atoms with Gasteiger partial charge in [0.05, 0.1) is 45.6 Å². The summed E-state index contributed by atoms with van der Waals surface area (Å²) < 4.78 is 0. The fourth-order valence-corrected chi connectivity index (χ4v) is 14.5. The molecule has 4 aliphatic heterocycles. The molecule has 8 heteroatoms. The predicted octanol–water partition coefficient (Wildman–Crippen LogP) is 26.1. The maximum absolute atomic E-state index is 6.00. The molecule has 14 rings (SSSR count). The zero-order chi connectivity index (χ0) is 74.5. The summed E-state index contributed by atoms with van der Waals surface area (Å²) in [6, 6.07) is 55.2. The highest BCUT2D eigenvalue weighted by Gasteiger charge is 2.31. The molecule has 0 unspecified atom stereocenters. The molecule has 6 aromatic heterocycles. The summed E-state index contributed by atoms with van der Waals surface area (Å²) in [5.74, 6) is 0. The van der Waals surface area contributed by atoms with E-state index in [1.54, 1.807) is 0 Å². The number of fused-ring (bicyclic) bond motifs is 16. The van der Waals surface area contributed by atoms with Crippen molar-refractivity contribution in [1.82, 2.24) is 39.9 Å². The quantitative estimate of drug-likeness (QED) is 0.137. The van der Waals surface area contributed by atoms with Crippen molar-refractivity contribution in [1.29, 1.82) is 0 Å². The first-order chi connectivity index (χ1) is 48.4. The zero-order valence-corrected chi connectivity index (χ0v) is 66.1. The van der Waals surface area contributed by atoms with Crippen LogP contribution in [-0.4, -0.2) is 39.9 Å². The van der Waals surface area contributed by atoms with Crippen molar-refractivity contribution in [2.45, 2.75) is 209 Å². The van der Waals surface area contributed by atoms with E-state index in [1.165, 1.54) is 44.5 Å². The smallest absolute Gasteiger partial charge is 0.0743 e. The first-order valence-corrected chi connectivity index (χ1v) is 37.4. The Balaban J connectivity index is 1.13. The molecule has 530 valence electrons. The fourth-order valence-electron chi connectivity index (χ4n) is 14.5. The molecule has 0 amide bonds. The van der Waals surface area contributed by atoms with Crippen molar-refractivity contribution in [3.63, 3.8) is 0 Å². The molecule has 0 fully saturated rings. The highest BCUT2D eigenvalue weighted by atomic mass is 14.8. The van der Waals surface area contributed by atoms with E-state index in [0.717, 1.165) is 145 Å². The molecule has 0 saturated carbocycles. The Hall–Kier alpha value is -9.92. The van der Waals surface area contributed by atoms with Gasteiger partial charge in [-0.3, -0.25) is 0 Å². The second kappa shape index (κ2) is 24.9. The molecule has 104 heavy (non-hydrogen) atoms. The van der Waals surface area contributed by atoms with Crippen LogP contribution in [0.4, 0.5) is 0 Å². The number of rotatable bonds is 5. The normalized spacial score (nSPS) is 14.0. The van der Waals surface area contributed by atoms with Gasteiger partial charge in [0.25, 0.3) is 0 Å². The molecular formula is C96H106N8. The van der Waals surface area contributed by atoms with Crippen LogP contribution in [0.25, 0.3) is 136 Å². The lowest BCUT2D eigenvalue weighted by molar-refractivity contribution is 0.568. The van der Waals surface area contributed by atoms with Gasteiger partial charge in [-0.25, -0.2) is 19.9 Å². The van der Waals surface area contributed by atoms with Crippen molar-refractivity contribution in [3.05, 3.63) is 236 Å². The Bertz CT molecular complexity index is 5190. The number of aromatic nitrogens is 8. The summed E-state index contributed by atoms with van der Waals surface area (Å²) >= 11 is 0. The summed E-state index contributed by atoms with van der Waals surface area (Å²) in [5, 5.41) is 0. The molecule has 0 saturated heterocycles. The maximum atomic E-state index is 6.00. The monoisotopic (exact) mass is 1370 g/mol. The third-order valence-corrected chi connectivity index (χ3v) is 21.2. The third-order valence-electron chi connectivity index (χ3n) is 21.2. The summed E-state index contributed by atoms with van der Waals surface area (Å²) in [6.07, 6.45) is 13.3. The van der Waals surface area contributed by atoms with Crippen molar-refractivity contribution >= 4 is 91.7 Å². The molecule has 10 aromatic rings. The second-order valence-corrected chi connectivity index (χ2v) is 38.0. The van der Waals surface area contributed by atoms with Crippen molar-refractivity contribution in [2.24, 2.45) is 0 Å². The Labute approximate surface area is 617 Å². The third kappa shape index (κ3) is 14.2. The van der Waals surface area contributed by atoms with E-state index in [1.807, 2.05) is 0 Å². The number of H-pyrrole nitrogens is 4. The second-order valence-electron chi connectivity index (χ2n) is 38.0. The van der Waals surface area contributed by atoms with Gasteiger partial charge in [0.15, 0.2) is 0 Å². The van der Waals surface area contributed by atoms with Crippen LogP contribution in [0.3, 0.4) is 0 Å². The van der Waals surface area contributed by atoms with Crippen LogP contribution in [0, 0.1) is 0 Å². The molecule has 4 N–H and O–H groups in total. The largest absolute Gasteiger partial charge is 0.355 e. The zero-order valence-electron chi connectivity index (χ0n) is 66.1. The van der Waals surface area contributed by atoms with Gasteiger partial charge in [0, 0.05) is 77.5 Å². The topological polar surface area (TPSA) is 115 Å². The lowest BCUT2D eigenvalue weighted by Crippen LogP contribution is -2.16. The Morgan fingerprint density at radius 1 is 0.221 bits per heavy atom. The van der Waals surface area contributed by atoms with Crippen LogP contribution in [-0.2, 0) is 43.3 Å². The van der Waals surface area contributed by atoms with Gasteiger partial charge < -0.3 is 19.9 Å². The average molecular weight is 1370 g/mol. The summed E-state index contributed by atoms with van der Waals surface area (Å²) in [6.45, 7) is 55.5. The maximum Gasteiger partial charge on any atom is 0.0743 e. The van der Waals surface area contributed by atoms with E-state index >= 15 is 0 Å². The number of hydrogen-bond acceptors (Lipinski definition) is 4. The molecule has 16 bridgehead atoms. The van der Waals surface area contributed by atoms with Crippen LogP contribution < -0.4 is 0 Å². The van der Waals surface area contributed by atoms with Crippen LogP contribution in [0.2, 0.25) is 0 Å². The summed E-state index contributed by atoms with van der Waals surface area (Å²) in [4.78, 5) is 38.9. The molecular weight excluding hydrogens is 1270 g/mol. The Morgan fingerprint density at radius 3 is 0.673 bits per heavy atom. The number of benzene rings is 4. The molecule has 0 atom stereocenters. The predicted molar refractivity (Wildman–Crippen MR) is 447 cm³/mol. The minimum absolute atomic E-state index is 0.110. The molecule has 0 radical (unpaired) electrons. The molecule has 0 spiro atoms. The van der Waals surface area contributed by atoms with E-state index < -0.39 is 0 Å². The van der Waals surface area contributed by atoms with Gasteiger partial charge in [0.1, 0.15) is 0 Å². The minimum Gasteiger partial charge on any atom is -0.355 e. The number of allylic oxidation sites excluding steroid dienone is 2. The lowest BCUT2D eigenvalue weighted by atomic mass is 9.78. The van der Waals surface area contributed by atoms with Crippen molar-refractivity contribution in [3.8, 4) is 44.5 Å². The van der Waals surface area contributed by atoms with Gasteiger partial charge in [-0.2, -0.15) is 0 Å². The Kier molecular flexibility index (Phi) is 17.0. The van der Waals surface area contributed by atoms with Crippen LogP contribution in [0.5, 0.6) is 0 Å². The highest BCUT2D eigenvalue weighted by Crippen LogP contribution is 2.47. The molecule has 8 nitrogen and oxygen atoms in total. The SMILES string of the molecule is CC(C)(C)c1cc(-c2c3nc(cc4ccc([nH]4)c(-c4cc(C(C)(C)C)cc(C(C)(C)C)c4)c4nc(cc5ccc2[nH]5)C(C2=Cc5nc2cc2ccc([nH]2)c(-c2cc(C(C)(C)C)cc(C(C)(C)C)c2)c2nc(cc6ccc([nH]6)c5-c5cc(C(C)(C)C)cc(C(C)(C)C)c5)C=C2)=C4)C=C3)cc(C(C)(C)C)c1. The Morgan fingerprint density at radius 2 is 0.442 bits per heavy atom. The number of nitrogens with zero attached hydrogens (tertiary/aromatic N) is 4. The first kappa shape index (κ1) is 71.1. The van der Waals surface area contributed by atoms with Gasteiger partial charge in [-0.1, -0.05) is 239 Å². The van der Waals surface area contributed by atoms with Crippen molar-refractivity contribution in [2.75, 3.05) is 0 Å². The minimum atomic E-state index is -0.158. The van der Waals surface area contributed by atoms with Crippen LogP contribution >= 0.6 is 0 Å². The molecule has 0 aliphatic carbocycles. The van der Waals surface area contributed by atoms with Crippen molar-refractivity contribution < 1.29 is 0 Å². The van der Waals surface area contributed by atoms with E-state index in [-0.39, 0.29) is 43.3 Å². The number of hydrogen-bond donors (Lipinski definition) is 4. The lowest BCUT2D eigenvalue weighted by Gasteiger charge is -2.26. The summed E-state index contributed by atoms with van der Waals surface area (Å²) in [7, 11) is 0. The van der Waals surface area contributed by atoms with Gasteiger partial charge >= 0.3 is 0 Å².